The van der Waals surface area contributed by atoms with Crippen molar-refractivity contribution in [3.8, 4) is 5.75 Å². The second-order valence-corrected chi connectivity index (χ2v) is 4.44. The molecule has 0 aliphatic carbocycles. The van der Waals surface area contributed by atoms with E-state index < -0.39 is 0 Å². The summed E-state index contributed by atoms with van der Waals surface area (Å²) in [5.41, 5.74) is 1.69. The summed E-state index contributed by atoms with van der Waals surface area (Å²) in [5, 5.41) is 3.51. The van der Waals surface area contributed by atoms with Crippen LogP contribution in [0, 0.1) is 4.91 Å². The Bertz CT molecular complexity index is 839. The molecule has 0 aliphatic heterocycles. The molecule has 1 N–H and O–H groups in total. The van der Waals surface area contributed by atoms with E-state index in [0.717, 1.165) is 0 Å². The molecule has 0 saturated heterocycles. The zero-order valence-corrected chi connectivity index (χ0v) is 11.2. The monoisotopic (exact) mass is 281 g/mol. The first kappa shape index (κ1) is 13.0. The van der Waals surface area contributed by atoms with Crippen LogP contribution in [0.2, 0.25) is 0 Å². The van der Waals surface area contributed by atoms with Crippen LogP contribution in [0.1, 0.15) is 15.9 Å². The molecule has 0 spiro atoms. The van der Waals surface area contributed by atoms with Crippen LogP contribution in [0.3, 0.4) is 0 Å². The van der Waals surface area contributed by atoms with E-state index >= 15 is 0 Å². The molecule has 0 unspecified atom stereocenters. The maximum Gasteiger partial charge on any atom is 0.195 e. The van der Waals surface area contributed by atoms with Gasteiger partial charge >= 0.3 is 0 Å². The Balaban J connectivity index is 2.10. The normalized spacial score (nSPS) is 10.5. The van der Waals surface area contributed by atoms with Crippen molar-refractivity contribution in [1.29, 1.82) is 0 Å². The second kappa shape index (κ2) is 5.16. The van der Waals surface area contributed by atoms with Gasteiger partial charge in [-0.1, -0.05) is 12.1 Å². The van der Waals surface area contributed by atoms with E-state index in [1.807, 2.05) is 0 Å². The average molecular weight is 281 g/mol. The average Bonchev–Trinajstić information content (AvgIpc) is 2.97. The predicted octanol–water partition coefficient (Wildman–Crippen LogP) is 3.20. The van der Waals surface area contributed by atoms with Gasteiger partial charge in [0.1, 0.15) is 17.1 Å². The van der Waals surface area contributed by atoms with Crippen LogP contribution >= 0.6 is 0 Å². The summed E-state index contributed by atoms with van der Waals surface area (Å²) in [5.74, 6) is 0.362. The van der Waals surface area contributed by atoms with E-state index in [1.165, 1.54) is 13.2 Å². The quantitative estimate of drug-likeness (QED) is 0.588. The van der Waals surface area contributed by atoms with Crippen LogP contribution in [0.5, 0.6) is 5.75 Å². The van der Waals surface area contributed by atoms with Gasteiger partial charge in [0.05, 0.1) is 13.3 Å². The number of nitroso groups, excluding NO2 is 1. The first-order valence-corrected chi connectivity index (χ1v) is 6.22. The number of carbonyl (C=O) groups excluding carboxylic acids is 1. The molecule has 0 saturated carbocycles. The number of ketones is 1. The number of aromatic amines is 1. The zero-order valence-electron chi connectivity index (χ0n) is 11.2. The van der Waals surface area contributed by atoms with Crippen molar-refractivity contribution in [2.75, 3.05) is 7.11 Å². The van der Waals surface area contributed by atoms with Crippen molar-refractivity contribution in [3.63, 3.8) is 0 Å². The fourth-order valence-corrected chi connectivity index (χ4v) is 2.14. The van der Waals surface area contributed by atoms with Crippen LogP contribution in [0.4, 0.5) is 5.69 Å². The summed E-state index contributed by atoms with van der Waals surface area (Å²) < 4.78 is 5.12. The molecule has 6 heteroatoms. The van der Waals surface area contributed by atoms with Crippen LogP contribution in [-0.4, -0.2) is 22.9 Å². The Morgan fingerprint density at radius 1 is 1.33 bits per heavy atom. The summed E-state index contributed by atoms with van der Waals surface area (Å²) >= 11 is 0. The Hall–Kier alpha value is -3.02. The number of benzene rings is 1. The van der Waals surface area contributed by atoms with Gasteiger partial charge in [-0.05, 0) is 23.4 Å². The number of methoxy groups -OCH3 is 1. The molecule has 104 valence electrons. The third-order valence-electron chi connectivity index (χ3n) is 3.20. The highest BCUT2D eigenvalue weighted by Crippen LogP contribution is 2.24. The summed E-state index contributed by atoms with van der Waals surface area (Å²) in [4.78, 5) is 30.3. The number of nitrogens with zero attached hydrogens (tertiary/aromatic N) is 2. The molecule has 3 rings (SSSR count). The molecule has 6 nitrogen and oxygen atoms in total. The lowest BCUT2D eigenvalue weighted by Gasteiger charge is -2.02. The highest BCUT2D eigenvalue weighted by atomic mass is 16.5. The fourth-order valence-electron chi connectivity index (χ4n) is 2.14. The minimum atomic E-state index is -0.207. The van der Waals surface area contributed by atoms with E-state index in [4.69, 9.17) is 4.74 Å². The van der Waals surface area contributed by atoms with Crippen molar-refractivity contribution < 1.29 is 9.53 Å². The van der Waals surface area contributed by atoms with Gasteiger partial charge < -0.3 is 9.72 Å². The van der Waals surface area contributed by atoms with Gasteiger partial charge in [0.25, 0.3) is 0 Å². The van der Waals surface area contributed by atoms with Crippen LogP contribution < -0.4 is 4.74 Å². The van der Waals surface area contributed by atoms with Gasteiger partial charge in [0, 0.05) is 22.7 Å². The first-order chi connectivity index (χ1) is 10.2. The smallest absolute Gasteiger partial charge is 0.195 e. The number of hydrogen-bond donors (Lipinski definition) is 1. The second-order valence-electron chi connectivity index (χ2n) is 4.44. The molecule has 1 aromatic carbocycles. The van der Waals surface area contributed by atoms with Crippen LogP contribution in [0.25, 0.3) is 11.0 Å². The fraction of sp³-hybridized carbons (Fsp3) is 0.0667. The molecule has 3 aromatic rings. The van der Waals surface area contributed by atoms with Crippen molar-refractivity contribution in [2.45, 2.75) is 0 Å². The molecule has 0 aliphatic rings. The molecule has 0 radical (unpaired) electrons. The number of H-pyrrole nitrogens is 1. The van der Waals surface area contributed by atoms with Gasteiger partial charge in [-0.15, -0.1) is 4.91 Å². The number of nitrogens with one attached hydrogen (secondary N) is 1. The number of hydrogen-bond acceptors (Lipinski definition) is 5. The number of rotatable bonds is 4. The van der Waals surface area contributed by atoms with Crippen molar-refractivity contribution in [2.24, 2.45) is 5.18 Å². The molecule has 0 amide bonds. The number of fused-ring (bicyclic) bond motifs is 1. The summed E-state index contributed by atoms with van der Waals surface area (Å²) in [6.07, 6.45) is 3.17. The Kier molecular flexibility index (Phi) is 3.19. The molecule has 0 atom stereocenters. The van der Waals surface area contributed by atoms with E-state index in [-0.39, 0.29) is 11.5 Å². The van der Waals surface area contributed by atoms with Crippen LogP contribution in [-0.2, 0) is 0 Å². The highest BCUT2D eigenvalue weighted by Gasteiger charge is 2.16. The Morgan fingerprint density at radius 2 is 2.19 bits per heavy atom. The van der Waals surface area contributed by atoms with Crippen molar-refractivity contribution >= 4 is 22.5 Å². The van der Waals surface area contributed by atoms with Gasteiger partial charge in [-0.25, -0.2) is 4.98 Å². The van der Waals surface area contributed by atoms with Crippen LogP contribution in [0.15, 0.2) is 47.9 Å². The topological polar surface area (TPSA) is 84.4 Å². The van der Waals surface area contributed by atoms with Gasteiger partial charge in [-0.2, -0.15) is 0 Å². The lowest BCUT2D eigenvalue weighted by molar-refractivity contribution is 0.104. The molecular weight excluding hydrogens is 270 g/mol. The lowest BCUT2D eigenvalue weighted by Crippen LogP contribution is -2.00. The van der Waals surface area contributed by atoms with E-state index in [9.17, 15) is 9.70 Å². The number of ether oxygens (including phenoxy) is 1. The van der Waals surface area contributed by atoms with Gasteiger partial charge in [-0.3, -0.25) is 4.79 Å². The van der Waals surface area contributed by atoms with Crippen molar-refractivity contribution in [1.82, 2.24) is 9.97 Å². The largest absolute Gasteiger partial charge is 0.495 e. The van der Waals surface area contributed by atoms with Gasteiger partial charge in [0.15, 0.2) is 5.78 Å². The number of pyridine rings is 1. The summed E-state index contributed by atoms with van der Waals surface area (Å²) in [7, 11) is 1.54. The zero-order chi connectivity index (χ0) is 14.8. The standard InChI is InChI=1S/C15H11N3O3/c1-21-11-6-12-13(8-17-15(12)16-7-11)14(19)9-3-2-4-10(5-9)18-20/h2-8H,1H3,(H,16,17). The van der Waals surface area contributed by atoms with Crippen molar-refractivity contribution in [3.05, 3.63) is 58.8 Å². The molecule has 21 heavy (non-hydrogen) atoms. The molecule has 2 aromatic heterocycles. The third-order valence-corrected chi connectivity index (χ3v) is 3.20. The SMILES string of the molecule is COc1cnc2[nH]cc(C(=O)c3cccc(N=O)c3)c2c1. The van der Waals surface area contributed by atoms with E-state index in [1.54, 1.807) is 36.7 Å². The number of aromatic nitrogens is 2. The van der Waals surface area contributed by atoms with E-state index in [0.29, 0.717) is 27.9 Å². The Labute approximate surface area is 119 Å². The minimum absolute atomic E-state index is 0.207. The summed E-state index contributed by atoms with van der Waals surface area (Å²) in [6.45, 7) is 0. The minimum Gasteiger partial charge on any atom is -0.495 e. The van der Waals surface area contributed by atoms with E-state index in [2.05, 4.69) is 15.1 Å². The molecule has 2 heterocycles. The number of carbonyl (C=O) groups is 1. The predicted molar refractivity (Wildman–Crippen MR) is 78.0 cm³/mol. The first-order valence-electron chi connectivity index (χ1n) is 6.22. The molecule has 0 fully saturated rings. The Morgan fingerprint density at radius 3 is 2.95 bits per heavy atom. The molecule has 0 bridgehead atoms. The molecular formula is C15H11N3O3. The lowest BCUT2D eigenvalue weighted by atomic mass is 10.0. The van der Waals surface area contributed by atoms with Gasteiger partial charge in [0.2, 0.25) is 0 Å². The third kappa shape index (κ3) is 2.27. The highest BCUT2D eigenvalue weighted by molar-refractivity contribution is 6.16. The maximum atomic E-state index is 12.6. The summed E-state index contributed by atoms with van der Waals surface area (Å²) in [6, 6.07) is 8.01. The maximum absolute atomic E-state index is 12.6.